The fourth-order valence-electron chi connectivity index (χ4n) is 3.02. The van der Waals surface area contributed by atoms with Crippen molar-refractivity contribution in [1.29, 1.82) is 0 Å². The molecule has 2 aromatic carbocycles. The Balaban J connectivity index is 2.43. The second-order valence-corrected chi connectivity index (χ2v) is 10.8. The number of sulfonamides is 1. The molecule has 2 amide bonds. The molecule has 0 aliphatic heterocycles. The summed E-state index contributed by atoms with van der Waals surface area (Å²) in [4.78, 5) is 27.2. The summed E-state index contributed by atoms with van der Waals surface area (Å²) < 4.78 is 25.9. The molecule has 0 aromatic heterocycles. The van der Waals surface area contributed by atoms with Crippen LogP contribution in [0, 0.1) is 0 Å². The minimum atomic E-state index is -3.90. The predicted molar refractivity (Wildman–Crippen MR) is 134 cm³/mol. The molecular formula is C21H23Cl4N3O4S. The molecule has 12 heteroatoms. The lowest BCUT2D eigenvalue weighted by molar-refractivity contribution is -0.139. The molecule has 1 atom stereocenters. The van der Waals surface area contributed by atoms with E-state index >= 15 is 0 Å². The first-order chi connectivity index (χ1) is 15.3. The van der Waals surface area contributed by atoms with Gasteiger partial charge < -0.3 is 10.2 Å². The van der Waals surface area contributed by atoms with Gasteiger partial charge in [0.05, 0.1) is 27.0 Å². The Morgan fingerprint density at radius 1 is 1.00 bits per heavy atom. The Morgan fingerprint density at radius 3 is 2.21 bits per heavy atom. The summed E-state index contributed by atoms with van der Waals surface area (Å²) in [6.07, 6.45) is 0.960. The number of hydrogen-bond donors (Lipinski definition) is 1. The largest absolute Gasteiger partial charge is 0.355 e. The number of anilines is 1. The number of amides is 2. The van der Waals surface area contributed by atoms with Crippen LogP contribution in [0.4, 0.5) is 5.69 Å². The molecule has 0 aliphatic carbocycles. The van der Waals surface area contributed by atoms with E-state index in [-0.39, 0.29) is 28.2 Å². The minimum Gasteiger partial charge on any atom is -0.355 e. The topological polar surface area (TPSA) is 86.8 Å². The van der Waals surface area contributed by atoms with Gasteiger partial charge in [0.1, 0.15) is 12.6 Å². The number of nitrogens with zero attached hydrogens (tertiary/aromatic N) is 2. The Morgan fingerprint density at radius 2 is 1.67 bits per heavy atom. The van der Waals surface area contributed by atoms with Crippen LogP contribution >= 0.6 is 46.4 Å². The van der Waals surface area contributed by atoms with Gasteiger partial charge in [-0.05, 0) is 49.7 Å². The molecular weight excluding hydrogens is 532 g/mol. The zero-order valence-electron chi connectivity index (χ0n) is 18.1. The summed E-state index contributed by atoms with van der Waals surface area (Å²) in [6.45, 7) is 3.10. The fourth-order valence-corrected chi connectivity index (χ4v) is 4.76. The molecule has 0 bridgehead atoms. The molecule has 0 spiro atoms. The fraction of sp³-hybridized carbons (Fsp3) is 0.333. The maximum Gasteiger partial charge on any atom is 0.244 e. The quantitative estimate of drug-likeness (QED) is 0.490. The van der Waals surface area contributed by atoms with E-state index in [4.69, 9.17) is 46.4 Å². The number of carbonyl (C=O) groups is 2. The molecule has 2 rings (SSSR count). The van der Waals surface area contributed by atoms with E-state index in [1.807, 2.05) is 0 Å². The number of nitrogens with one attached hydrogen (secondary N) is 1. The predicted octanol–water partition coefficient (Wildman–Crippen LogP) is 4.62. The second-order valence-electron chi connectivity index (χ2n) is 7.21. The molecule has 180 valence electrons. The first kappa shape index (κ1) is 27.5. The normalized spacial score (nSPS) is 12.2. The van der Waals surface area contributed by atoms with Crippen LogP contribution in [0.3, 0.4) is 0 Å². The average molecular weight is 555 g/mol. The first-order valence-corrected chi connectivity index (χ1v) is 13.1. The van der Waals surface area contributed by atoms with Crippen molar-refractivity contribution >= 4 is 73.9 Å². The van der Waals surface area contributed by atoms with E-state index in [0.717, 1.165) is 10.6 Å². The van der Waals surface area contributed by atoms with Crippen molar-refractivity contribution in [2.75, 3.05) is 23.7 Å². The standard InChI is InChI=1S/C21H23Cl4N3O4S/c1-4-26-21(30)13(2)27(11-14-5-7-16(23)17(24)9-14)20(29)12-28(33(3,31)32)19-8-6-15(22)10-18(19)25/h5-10,13H,4,11-12H2,1-3H3,(H,26,30)/t13-/m1/s1. The van der Waals surface area contributed by atoms with Gasteiger partial charge in [0.15, 0.2) is 0 Å². The number of likely N-dealkylation sites (N-methyl/N-ethyl adjacent to an activating group) is 1. The highest BCUT2D eigenvalue weighted by Gasteiger charge is 2.30. The van der Waals surface area contributed by atoms with Crippen molar-refractivity contribution in [3.8, 4) is 0 Å². The third kappa shape index (κ3) is 7.39. The zero-order valence-corrected chi connectivity index (χ0v) is 22.0. The van der Waals surface area contributed by atoms with E-state index in [2.05, 4.69) is 5.32 Å². The number of hydrogen-bond acceptors (Lipinski definition) is 4. The Kier molecular flexibility index (Phi) is 9.70. The maximum atomic E-state index is 13.4. The minimum absolute atomic E-state index is 0.0000247. The molecule has 0 aliphatic rings. The van der Waals surface area contributed by atoms with Crippen molar-refractivity contribution in [3.63, 3.8) is 0 Å². The van der Waals surface area contributed by atoms with Crippen LogP contribution in [0.2, 0.25) is 20.1 Å². The van der Waals surface area contributed by atoms with Crippen LogP contribution in [0.25, 0.3) is 0 Å². The van der Waals surface area contributed by atoms with E-state index in [1.54, 1.807) is 32.0 Å². The molecule has 0 heterocycles. The summed E-state index contributed by atoms with van der Waals surface area (Å²) in [5, 5.41) is 3.68. The molecule has 0 saturated heterocycles. The molecule has 2 aromatic rings. The van der Waals surface area contributed by atoms with Gasteiger partial charge in [0, 0.05) is 18.1 Å². The second kappa shape index (κ2) is 11.6. The van der Waals surface area contributed by atoms with E-state index < -0.39 is 28.5 Å². The Labute approximate surface area is 213 Å². The lowest BCUT2D eigenvalue weighted by Crippen LogP contribution is -2.51. The van der Waals surface area contributed by atoms with E-state index in [9.17, 15) is 18.0 Å². The smallest absolute Gasteiger partial charge is 0.244 e. The molecule has 0 unspecified atom stereocenters. The number of carbonyl (C=O) groups excluding carboxylic acids is 2. The van der Waals surface area contributed by atoms with Crippen molar-refractivity contribution in [1.82, 2.24) is 10.2 Å². The van der Waals surface area contributed by atoms with E-state index in [1.165, 1.54) is 23.1 Å². The van der Waals surface area contributed by atoms with Crippen molar-refractivity contribution in [2.45, 2.75) is 26.4 Å². The van der Waals surface area contributed by atoms with Crippen LogP contribution in [0.15, 0.2) is 36.4 Å². The van der Waals surface area contributed by atoms with Gasteiger partial charge >= 0.3 is 0 Å². The number of benzene rings is 2. The summed E-state index contributed by atoms with van der Waals surface area (Å²) in [5.41, 5.74) is 0.710. The molecule has 7 nitrogen and oxygen atoms in total. The highest BCUT2D eigenvalue weighted by Crippen LogP contribution is 2.31. The molecule has 1 N–H and O–H groups in total. The van der Waals surface area contributed by atoms with Crippen LogP contribution in [0.1, 0.15) is 19.4 Å². The van der Waals surface area contributed by atoms with Crippen molar-refractivity contribution < 1.29 is 18.0 Å². The van der Waals surface area contributed by atoms with Crippen LogP contribution in [-0.2, 0) is 26.2 Å². The van der Waals surface area contributed by atoms with Crippen molar-refractivity contribution in [2.24, 2.45) is 0 Å². The van der Waals surface area contributed by atoms with Crippen LogP contribution in [0.5, 0.6) is 0 Å². The first-order valence-electron chi connectivity index (χ1n) is 9.79. The van der Waals surface area contributed by atoms with Crippen LogP contribution in [-0.4, -0.2) is 50.5 Å². The Bertz CT molecular complexity index is 1140. The lowest BCUT2D eigenvalue weighted by atomic mass is 10.1. The van der Waals surface area contributed by atoms with Gasteiger partial charge in [-0.25, -0.2) is 8.42 Å². The van der Waals surface area contributed by atoms with Gasteiger partial charge in [0.2, 0.25) is 21.8 Å². The third-order valence-corrected chi connectivity index (χ3v) is 7.12. The van der Waals surface area contributed by atoms with Gasteiger partial charge in [0.25, 0.3) is 0 Å². The zero-order chi connectivity index (χ0) is 24.9. The number of halogens is 4. The SMILES string of the molecule is CCNC(=O)[C@@H](C)N(Cc1ccc(Cl)c(Cl)c1)C(=O)CN(c1ccc(Cl)cc1Cl)S(C)(=O)=O. The van der Waals surface area contributed by atoms with Gasteiger partial charge in [-0.2, -0.15) is 0 Å². The van der Waals surface area contributed by atoms with E-state index in [0.29, 0.717) is 22.2 Å². The van der Waals surface area contributed by atoms with Crippen molar-refractivity contribution in [3.05, 3.63) is 62.1 Å². The molecule has 0 saturated carbocycles. The summed E-state index contributed by atoms with van der Waals surface area (Å²) >= 11 is 24.2. The third-order valence-electron chi connectivity index (χ3n) is 4.71. The molecule has 0 fully saturated rings. The van der Waals surface area contributed by atoms with Gasteiger partial charge in [-0.3, -0.25) is 13.9 Å². The molecule has 0 radical (unpaired) electrons. The number of rotatable bonds is 9. The maximum absolute atomic E-state index is 13.4. The monoisotopic (exact) mass is 553 g/mol. The highest BCUT2D eigenvalue weighted by atomic mass is 35.5. The lowest BCUT2D eigenvalue weighted by Gasteiger charge is -2.31. The summed E-state index contributed by atoms with van der Waals surface area (Å²) in [7, 11) is -3.90. The average Bonchev–Trinajstić information content (AvgIpc) is 2.72. The summed E-state index contributed by atoms with van der Waals surface area (Å²) in [6, 6.07) is 8.20. The van der Waals surface area contributed by atoms with Gasteiger partial charge in [-0.15, -0.1) is 0 Å². The molecule has 33 heavy (non-hydrogen) atoms. The Hall–Kier alpha value is -1.71. The van der Waals surface area contributed by atoms with Gasteiger partial charge in [-0.1, -0.05) is 52.5 Å². The van der Waals surface area contributed by atoms with Crippen LogP contribution < -0.4 is 9.62 Å². The summed E-state index contributed by atoms with van der Waals surface area (Å²) in [5.74, 6) is -1.00. The highest BCUT2D eigenvalue weighted by molar-refractivity contribution is 7.92.